The number of hydrogen-bond acceptors (Lipinski definition) is 5. The van der Waals surface area contributed by atoms with Crippen molar-refractivity contribution < 1.29 is 4.79 Å². The average Bonchev–Trinajstić information content (AvgIpc) is 2.86. The van der Waals surface area contributed by atoms with Crippen molar-refractivity contribution in [2.45, 2.75) is 23.9 Å². The second kappa shape index (κ2) is 6.67. The number of carbonyl (C=O) groups excluding carboxylic acids is 1. The molecule has 0 saturated carbocycles. The van der Waals surface area contributed by atoms with Crippen molar-refractivity contribution in [3.05, 3.63) is 47.5 Å². The van der Waals surface area contributed by atoms with Gasteiger partial charge in [-0.2, -0.15) is 0 Å². The molecule has 0 aliphatic rings. The van der Waals surface area contributed by atoms with Gasteiger partial charge in [0.25, 0.3) is 0 Å². The predicted molar refractivity (Wildman–Crippen MR) is 79.1 cm³/mol. The Hall–Kier alpha value is -1.66. The SMILES string of the molecule is C=CCn1nnnc1SC(C)C(=O)c1ccc(Cl)cc1. The summed E-state index contributed by atoms with van der Waals surface area (Å²) in [6.45, 7) is 5.98. The highest BCUT2D eigenvalue weighted by Gasteiger charge is 2.19. The topological polar surface area (TPSA) is 60.7 Å². The number of Topliss-reactive ketones (excluding diaryl/α,β-unsaturated/α-hetero) is 1. The molecular weight excluding hydrogens is 296 g/mol. The van der Waals surface area contributed by atoms with Crippen molar-refractivity contribution in [1.82, 2.24) is 20.2 Å². The largest absolute Gasteiger partial charge is 0.293 e. The van der Waals surface area contributed by atoms with Crippen molar-refractivity contribution >= 4 is 29.1 Å². The number of allylic oxidation sites excluding steroid dienone is 1. The fourth-order valence-corrected chi connectivity index (χ4v) is 2.58. The minimum absolute atomic E-state index is 0.0137. The average molecular weight is 309 g/mol. The first-order chi connectivity index (χ1) is 9.61. The van der Waals surface area contributed by atoms with E-state index in [2.05, 4.69) is 22.1 Å². The van der Waals surface area contributed by atoms with Crippen LogP contribution in [-0.4, -0.2) is 31.2 Å². The van der Waals surface area contributed by atoms with E-state index in [-0.39, 0.29) is 11.0 Å². The number of aromatic nitrogens is 4. The number of ketones is 1. The van der Waals surface area contributed by atoms with Gasteiger partial charge in [0.05, 0.1) is 11.8 Å². The molecule has 7 heteroatoms. The summed E-state index contributed by atoms with van der Waals surface area (Å²) in [6.07, 6.45) is 1.70. The molecule has 2 aromatic rings. The fourth-order valence-electron chi connectivity index (χ4n) is 1.58. The first-order valence-electron chi connectivity index (χ1n) is 5.95. The van der Waals surface area contributed by atoms with Crippen LogP contribution in [0.3, 0.4) is 0 Å². The van der Waals surface area contributed by atoms with E-state index in [1.165, 1.54) is 11.8 Å². The highest BCUT2D eigenvalue weighted by molar-refractivity contribution is 8.00. The summed E-state index contributed by atoms with van der Waals surface area (Å²) in [5.74, 6) is 0.0137. The van der Waals surface area contributed by atoms with E-state index >= 15 is 0 Å². The number of halogens is 1. The predicted octanol–water partition coefficient (Wildman–Crippen LogP) is 2.88. The number of benzene rings is 1. The molecule has 0 spiro atoms. The molecule has 0 N–H and O–H groups in total. The third-order valence-corrected chi connectivity index (χ3v) is 3.90. The zero-order valence-electron chi connectivity index (χ0n) is 10.9. The van der Waals surface area contributed by atoms with Crippen molar-refractivity contribution in [3.63, 3.8) is 0 Å². The molecule has 0 amide bonds. The molecule has 0 radical (unpaired) electrons. The number of carbonyl (C=O) groups is 1. The van der Waals surface area contributed by atoms with Gasteiger partial charge in [-0.05, 0) is 41.6 Å². The van der Waals surface area contributed by atoms with Gasteiger partial charge in [0.1, 0.15) is 0 Å². The third kappa shape index (κ3) is 3.46. The molecule has 1 atom stereocenters. The molecule has 0 saturated heterocycles. The van der Waals surface area contributed by atoms with Crippen LogP contribution in [0.2, 0.25) is 5.02 Å². The van der Waals surface area contributed by atoms with E-state index in [9.17, 15) is 4.79 Å². The summed E-state index contributed by atoms with van der Waals surface area (Å²) in [7, 11) is 0. The van der Waals surface area contributed by atoms with Crippen molar-refractivity contribution in [2.75, 3.05) is 0 Å². The van der Waals surface area contributed by atoms with Crippen molar-refractivity contribution in [1.29, 1.82) is 0 Å². The third-order valence-electron chi connectivity index (χ3n) is 2.58. The number of nitrogens with zero attached hydrogens (tertiary/aromatic N) is 4. The quantitative estimate of drug-likeness (QED) is 0.466. The summed E-state index contributed by atoms with van der Waals surface area (Å²) in [5.41, 5.74) is 0.622. The van der Waals surface area contributed by atoms with Crippen LogP contribution < -0.4 is 0 Å². The second-order valence-corrected chi connectivity index (χ2v) is 5.81. The fraction of sp³-hybridized carbons (Fsp3) is 0.231. The monoisotopic (exact) mass is 308 g/mol. The van der Waals surface area contributed by atoms with Crippen LogP contribution in [0.5, 0.6) is 0 Å². The van der Waals surface area contributed by atoms with Crippen LogP contribution in [0.4, 0.5) is 0 Å². The van der Waals surface area contributed by atoms with E-state index in [1.54, 1.807) is 35.0 Å². The maximum atomic E-state index is 12.3. The lowest BCUT2D eigenvalue weighted by Crippen LogP contribution is -2.14. The Kier molecular flexibility index (Phi) is 4.92. The van der Waals surface area contributed by atoms with Gasteiger partial charge >= 0.3 is 0 Å². The molecule has 2 rings (SSSR count). The summed E-state index contributed by atoms with van der Waals surface area (Å²) in [5, 5.41) is 12.3. The lowest BCUT2D eigenvalue weighted by Gasteiger charge is -2.09. The Balaban J connectivity index is 2.09. The molecule has 0 aliphatic heterocycles. The van der Waals surface area contributed by atoms with E-state index in [0.717, 1.165) is 0 Å². The van der Waals surface area contributed by atoms with Gasteiger partial charge in [-0.15, -0.1) is 11.7 Å². The Labute approximate surface area is 126 Å². The summed E-state index contributed by atoms with van der Waals surface area (Å²) in [6, 6.07) is 6.84. The standard InChI is InChI=1S/C13H13ClN4OS/c1-3-8-18-13(15-16-17-18)20-9(2)12(19)10-4-6-11(14)7-5-10/h3-7,9H,1,8H2,2H3. The lowest BCUT2D eigenvalue weighted by atomic mass is 10.1. The van der Waals surface area contributed by atoms with Crippen molar-refractivity contribution in [3.8, 4) is 0 Å². The lowest BCUT2D eigenvalue weighted by molar-refractivity contribution is 0.0994. The first-order valence-corrected chi connectivity index (χ1v) is 7.21. The molecule has 1 heterocycles. The number of rotatable bonds is 6. The zero-order valence-corrected chi connectivity index (χ0v) is 12.4. The van der Waals surface area contributed by atoms with Gasteiger partial charge in [-0.25, -0.2) is 4.68 Å². The van der Waals surface area contributed by atoms with Crippen LogP contribution in [-0.2, 0) is 6.54 Å². The summed E-state index contributed by atoms with van der Waals surface area (Å²) < 4.78 is 1.60. The molecule has 1 aromatic carbocycles. The highest BCUT2D eigenvalue weighted by atomic mass is 35.5. The molecule has 1 unspecified atom stereocenters. The van der Waals surface area contributed by atoms with E-state index in [1.807, 2.05) is 6.92 Å². The minimum atomic E-state index is -0.286. The zero-order chi connectivity index (χ0) is 14.5. The highest BCUT2D eigenvalue weighted by Crippen LogP contribution is 2.23. The van der Waals surface area contributed by atoms with Gasteiger partial charge < -0.3 is 0 Å². The molecule has 5 nitrogen and oxygen atoms in total. The number of thioether (sulfide) groups is 1. The van der Waals surface area contributed by atoms with E-state index < -0.39 is 0 Å². The van der Waals surface area contributed by atoms with Crippen LogP contribution in [0.1, 0.15) is 17.3 Å². The molecule has 0 fully saturated rings. The van der Waals surface area contributed by atoms with Gasteiger partial charge in [-0.1, -0.05) is 29.4 Å². The smallest absolute Gasteiger partial charge is 0.210 e. The Bertz CT molecular complexity index is 611. The normalized spacial score (nSPS) is 12.1. The Morgan fingerprint density at radius 3 is 2.85 bits per heavy atom. The molecule has 0 bridgehead atoms. The Morgan fingerprint density at radius 2 is 2.20 bits per heavy atom. The van der Waals surface area contributed by atoms with Crippen LogP contribution in [0.15, 0.2) is 42.1 Å². The summed E-state index contributed by atoms with van der Waals surface area (Å²) in [4.78, 5) is 12.3. The second-order valence-electron chi connectivity index (χ2n) is 4.06. The molecular formula is C13H13ClN4OS. The Morgan fingerprint density at radius 1 is 1.50 bits per heavy atom. The van der Waals surface area contributed by atoms with E-state index in [4.69, 9.17) is 11.6 Å². The van der Waals surface area contributed by atoms with Crippen LogP contribution >= 0.6 is 23.4 Å². The molecule has 1 aromatic heterocycles. The van der Waals surface area contributed by atoms with Gasteiger partial charge in [0.15, 0.2) is 5.78 Å². The maximum Gasteiger partial charge on any atom is 0.210 e. The van der Waals surface area contributed by atoms with Crippen LogP contribution in [0.25, 0.3) is 0 Å². The molecule has 20 heavy (non-hydrogen) atoms. The maximum absolute atomic E-state index is 12.3. The van der Waals surface area contributed by atoms with Crippen LogP contribution in [0, 0.1) is 0 Å². The van der Waals surface area contributed by atoms with E-state index in [0.29, 0.717) is 22.3 Å². The molecule has 104 valence electrons. The van der Waals surface area contributed by atoms with Crippen molar-refractivity contribution in [2.24, 2.45) is 0 Å². The number of tetrazole rings is 1. The first kappa shape index (κ1) is 14.7. The van der Waals surface area contributed by atoms with Gasteiger partial charge in [0, 0.05) is 10.6 Å². The van der Waals surface area contributed by atoms with Gasteiger partial charge in [-0.3, -0.25) is 4.79 Å². The molecule has 0 aliphatic carbocycles. The van der Waals surface area contributed by atoms with Gasteiger partial charge in [0.2, 0.25) is 5.16 Å². The minimum Gasteiger partial charge on any atom is -0.293 e. The summed E-state index contributed by atoms with van der Waals surface area (Å²) >= 11 is 7.13. The number of hydrogen-bond donors (Lipinski definition) is 0.